The summed E-state index contributed by atoms with van der Waals surface area (Å²) in [5, 5.41) is 0. The van der Waals surface area contributed by atoms with E-state index < -0.39 is 0 Å². The SMILES string of the molecule is CCSCCn1ccc(=O)n(CCCN)c1=O. The lowest BCUT2D eigenvalue weighted by molar-refractivity contribution is 0.550. The van der Waals surface area contributed by atoms with Gasteiger partial charge in [-0.25, -0.2) is 4.79 Å². The molecule has 0 aliphatic heterocycles. The van der Waals surface area contributed by atoms with Crippen LogP contribution in [0, 0.1) is 0 Å². The Bertz CT molecular complexity index is 453. The predicted molar refractivity (Wildman–Crippen MR) is 71.6 cm³/mol. The fraction of sp³-hybridized carbons (Fsp3) is 0.636. The van der Waals surface area contributed by atoms with Gasteiger partial charge in [0.15, 0.2) is 0 Å². The number of nitrogens with zero attached hydrogens (tertiary/aromatic N) is 2. The topological polar surface area (TPSA) is 70.0 Å². The van der Waals surface area contributed by atoms with Crippen molar-refractivity contribution < 1.29 is 0 Å². The third-order valence-electron chi connectivity index (χ3n) is 2.41. The van der Waals surface area contributed by atoms with Crippen LogP contribution < -0.4 is 17.0 Å². The second-order valence-corrected chi connectivity index (χ2v) is 5.01. The Labute approximate surface area is 105 Å². The van der Waals surface area contributed by atoms with E-state index >= 15 is 0 Å². The van der Waals surface area contributed by atoms with E-state index in [0.717, 1.165) is 11.5 Å². The van der Waals surface area contributed by atoms with E-state index in [1.54, 1.807) is 22.5 Å². The van der Waals surface area contributed by atoms with E-state index in [1.807, 2.05) is 0 Å². The molecule has 5 nitrogen and oxygen atoms in total. The summed E-state index contributed by atoms with van der Waals surface area (Å²) in [6, 6.07) is 1.44. The molecule has 0 saturated heterocycles. The number of aryl methyl sites for hydroxylation is 1. The highest BCUT2D eigenvalue weighted by atomic mass is 32.2. The highest BCUT2D eigenvalue weighted by Crippen LogP contribution is 1.98. The molecule has 6 heteroatoms. The van der Waals surface area contributed by atoms with Crippen LogP contribution in [0.3, 0.4) is 0 Å². The summed E-state index contributed by atoms with van der Waals surface area (Å²) in [6.45, 7) is 3.60. The van der Waals surface area contributed by atoms with E-state index in [9.17, 15) is 9.59 Å². The Morgan fingerprint density at radius 2 is 2.12 bits per heavy atom. The zero-order valence-electron chi connectivity index (χ0n) is 10.1. The van der Waals surface area contributed by atoms with Crippen LogP contribution in [0.25, 0.3) is 0 Å². The lowest BCUT2D eigenvalue weighted by atomic mass is 10.4. The average Bonchev–Trinajstić information content (AvgIpc) is 2.32. The Morgan fingerprint density at radius 3 is 2.76 bits per heavy atom. The van der Waals surface area contributed by atoms with Crippen molar-refractivity contribution >= 4 is 11.8 Å². The molecule has 0 aliphatic carbocycles. The summed E-state index contributed by atoms with van der Waals surface area (Å²) in [5.41, 5.74) is 4.90. The van der Waals surface area contributed by atoms with Crippen molar-refractivity contribution in [2.75, 3.05) is 18.1 Å². The van der Waals surface area contributed by atoms with Crippen LogP contribution in [-0.2, 0) is 13.1 Å². The van der Waals surface area contributed by atoms with E-state index in [-0.39, 0.29) is 11.2 Å². The zero-order chi connectivity index (χ0) is 12.7. The molecule has 0 unspecified atom stereocenters. The predicted octanol–water partition coefficient (Wildman–Crippen LogP) is 0.112. The second kappa shape index (κ2) is 7.34. The molecule has 1 aromatic rings. The Morgan fingerprint density at radius 1 is 1.35 bits per heavy atom. The van der Waals surface area contributed by atoms with Gasteiger partial charge in [-0.05, 0) is 18.7 Å². The van der Waals surface area contributed by atoms with Crippen molar-refractivity contribution in [2.45, 2.75) is 26.4 Å². The van der Waals surface area contributed by atoms with Crippen molar-refractivity contribution in [3.05, 3.63) is 33.1 Å². The van der Waals surface area contributed by atoms with E-state index in [1.165, 1.54) is 10.6 Å². The smallest absolute Gasteiger partial charge is 0.330 e. The summed E-state index contributed by atoms with van der Waals surface area (Å²) in [7, 11) is 0. The number of nitrogens with two attached hydrogens (primary N) is 1. The third-order valence-corrected chi connectivity index (χ3v) is 3.29. The molecule has 0 radical (unpaired) electrons. The van der Waals surface area contributed by atoms with Crippen LogP contribution in [0.1, 0.15) is 13.3 Å². The van der Waals surface area contributed by atoms with Crippen LogP contribution in [0.5, 0.6) is 0 Å². The highest BCUT2D eigenvalue weighted by Gasteiger charge is 2.04. The molecule has 2 N–H and O–H groups in total. The van der Waals surface area contributed by atoms with Gasteiger partial charge in [-0.15, -0.1) is 0 Å². The normalized spacial score (nSPS) is 10.7. The van der Waals surface area contributed by atoms with Gasteiger partial charge in [0.2, 0.25) is 0 Å². The van der Waals surface area contributed by atoms with Gasteiger partial charge in [0, 0.05) is 31.1 Å². The van der Waals surface area contributed by atoms with Gasteiger partial charge in [-0.2, -0.15) is 11.8 Å². The third kappa shape index (κ3) is 4.05. The van der Waals surface area contributed by atoms with Crippen LogP contribution in [-0.4, -0.2) is 27.2 Å². The lowest BCUT2D eigenvalue weighted by Gasteiger charge is -2.08. The van der Waals surface area contributed by atoms with Gasteiger partial charge in [0.05, 0.1) is 0 Å². The lowest BCUT2D eigenvalue weighted by Crippen LogP contribution is -2.39. The van der Waals surface area contributed by atoms with Gasteiger partial charge in [0.25, 0.3) is 5.56 Å². The minimum Gasteiger partial charge on any atom is -0.330 e. The van der Waals surface area contributed by atoms with Crippen LogP contribution in [0.4, 0.5) is 0 Å². The largest absolute Gasteiger partial charge is 0.330 e. The van der Waals surface area contributed by atoms with Gasteiger partial charge in [0.1, 0.15) is 0 Å². The van der Waals surface area contributed by atoms with Crippen molar-refractivity contribution in [3.8, 4) is 0 Å². The van der Waals surface area contributed by atoms with Gasteiger partial charge in [-0.3, -0.25) is 13.9 Å². The Balaban J connectivity index is 2.86. The minimum atomic E-state index is -0.247. The standard InChI is InChI=1S/C11H19N3O2S/c1-2-17-9-8-13-7-4-10(15)14(11(13)16)6-3-5-12/h4,7H,2-3,5-6,8-9,12H2,1H3. The molecule has 0 atom stereocenters. The molecule has 96 valence electrons. The molecule has 1 aromatic heterocycles. The molecule has 0 aliphatic rings. The van der Waals surface area contributed by atoms with E-state index in [2.05, 4.69) is 6.92 Å². The van der Waals surface area contributed by atoms with Crippen molar-refractivity contribution in [1.29, 1.82) is 0 Å². The maximum atomic E-state index is 12.0. The van der Waals surface area contributed by atoms with Gasteiger partial charge < -0.3 is 5.73 Å². The Hall–Kier alpha value is -1.01. The van der Waals surface area contributed by atoms with Crippen LogP contribution >= 0.6 is 11.8 Å². The second-order valence-electron chi connectivity index (χ2n) is 3.62. The zero-order valence-corrected chi connectivity index (χ0v) is 10.9. The van der Waals surface area contributed by atoms with E-state index in [4.69, 9.17) is 5.73 Å². The Kier molecular flexibility index (Phi) is 6.07. The summed E-state index contributed by atoms with van der Waals surface area (Å²) < 4.78 is 2.84. The van der Waals surface area contributed by atoms with Crippen LogP contribution in [0.15, 0.2) is 21.9 Å². The first-order valence-electron chi connectivity index (χ1n) is 5.78. The first-order valence-corrected chi connectivity index (χ1v) is 6.94. The summed E-state index contributed by atoms with van der Waals surface area (Å²) in [4.78, 5) is 23.5. The summed E-state index contributed by atoms with van der Waals surface area (Å²) in [6.07, 6.45) is 2.21. The van der Waals surface area contributed by atoms with E-state index in [0.29, 0.717) is 26.1 Å². The number of hydrogen-bond acceptors (Lipinski definition) is 4. The molecule has 0 bridgehead atoms. The highest BCUT2D eigenvalue weighted by molar-refractivity contribution is 7.99. The molecular weight excluding hydrogens is 238 g/mol. The monoisotopic (exact) mass is 257 g/mol. The molecule has 0 fully saturated rings. The fourth-order valence-electron chi connectivity index (χ4n) is 1.49. The number of thioether (sulfide) groups is 1. The molecule has 0 amide bonds. The van der Waals surface area contributed by atoms with Crippen molar-refractivity contribution in [3.63, 3.8) is 0 Å². The molecule has 1 rings (SSSR count). The fourth-order valence-corrected chi connectivity index (χ4v) is 2.10. The van der Waals surface area contributed by atoms with Gasteiger partial charge in [-0.1, -0.05) is 6.92 Å². The first kappa shape index (κ1) is 14.1. The summed E-state index contributed by atoms with van der Waals surface area (Å²) in [5.74, 6) is 1.91. The molecule has 0 aromatic carbocycles. The molecular formula is C11H19N3O2S. The number of aromatic nitrogens is 2. The van der Waals surface area contributed by atoms with Crippen molar-refractivity contribution in [1.82, 2.24) is 9.13 Å². The molecule has 0 spiro atoms. The quantitative estimate of drug-likeness (QED) is 0.704. The molecule has 17 heavy (non-hydrogen) atoms. The minimum absolute atomic E-state index is 0.234. The molecule has 1 heterocycles. The maximum Gasteiger partial charge on any atom is 0.330 e. The first-order chi connectivity index (χ1) is 8.20. The van der Waals surface area contributed by atoms with Gasteiger partial charge >= 0.3 is 5.69 Å². The number of rotatable bonds is 7. The summed E-state index contributed by atoms with van der Waals surface area (Å²) >= 11 is 1.77. The molecule has 0 saturated carbocycles. The van der Waals surface area contributed by atoms with Crippen molar-refractivity contribution in [2.24, 2.45) is 5.73 Å². The number of hydrogen-bond donors (Lipinski definition) is 1. The maximum absolute atomic E-state index is 12.0. The van der Waals surface area contributed by atoms with Crippen LogP contribution in [0.2, 0.25) is 0 Å². The average molecular weight is 257 g/mol.